The van der Waals surface area contributed by atoms with Crippen LogP contribution in [0, 0.1) is 5.41 Å². The number of hydrogen-bond acceptors (Lipinski definition) is 2. The first kappa shape index (κ1) is 13.5. The van der Waals surface area contributed by atoms with Crippen LogP contribution >= 0.6 is 12.4 Å². The fourth-order valence-corrected chi connectivity index (χ4v) is 3.29. The molecular weight excluding hydrogens is 244 g/mol. The average molecular weight is 267 g/mol. The van der Waals surface area contributed by atoms with Crippen molar-refractivity contribution in [1.82, 2.24) is 0 Å². The second-order valence-electron chi connectivity index (χ2n) is 6.03. The molecule has 1 aromatic rings. The van der Waals surface area contributed by atoms with Crippen LogP contribution in [0.15, 0.2) is 18.2 Å². The standard InChI is InChI=1S/C15H22N2.ClH/c1-15(8-4-9-15)11-17-10-3-5-12-13(16)6-2-7-14(12)17;/h2,6-7H,3-5,8-11,16H2,1H3;1H. The molecule has 0 amide bonds. The number of benzene rings is 1. The van der Waals surface area contributed by atoms with E-state index in [1.165, 1.54) is 50.0 Å². The van der Waals surface area contributed by atoms with Gasteiger partial charge in [-0.2, -0.15) is 0 Å². The van der Waals surface area contributed by atoms with E-state index in [0.29, 0.717) is 5.41 Å². The van der Waals surface area contributed by atoms with Gasteiger partial charge in [-0.1, -0.05) is 19.4 Å². The molecule has 0 unspecified atom stereocenters. The number of anilines is 2. The van der Waals surface area contributed by atoms with Crippen LogP contribution in [-0.4, -0.2) is 13.1 Å². The van der Waals surface area contributed by atoms with Crippen LogP contribution < -0.4 is 10.6 Å². The van der Waals surface area contributed by atoms with Crippen molar-refractivity contribution in [3.8, 4) is 0 Å². The normalized spacial score (nSPS) is 20.6. The highest BCUT2D eigenvalue weighted by molar-refractivity contribution is 5.85. The number of rotatable bonds is 2. The Hall–Kier alpha value is -0.890. The molecular formula is C15H23ClN2. The van der Waals surface area contributed by atoms with E-state index in [1.54, 1.807) is 0 Å². The largest absolute Gasteiger partial charge is 0.398 e. The molecule has 2 N–H and O–H groups in total. The zero-order valence-corrected chi connectivity index (χ0v) is 11.9. The van der Waals surface area contributed by atoms with Gasteiger partial charge in [0.2, 0.25) is 0 Å². The van der Waals surface area contributed by atoms with E-state index in [1.807, 2.05) is 6.07 Å². The fraction of sp³-hybridized carbons (Fsp3) is 0.600. The van der Waals surface area contributed by atoms with Gasteiger partial charge in [0, 0.05) is 24.5 Å². The zero-order valence-electron chi connectivity index (χ0n) is 11.1. The Kier molecular flexibility index (Phi) is 3.76. The third kappa shape index (κ3) is 2.31. The van der Waals surface area contributed by atoms with Gasteiger partial charge in [0.1, 0.15) is 0 Å². The highest BCUT2D eigenvalue weighted by Gasteiger charge is 2.34. The Morgan fingerprint density at radius 2 is 2.06 bits per heavy atom. The number of hydrogen-bond donors (Lipinski definition) is 1. The molecule has 0 atom stereocenters. The minimum atomic E-state index is 0. The first-order valence-corrected chi connectivity index (χ1v) is 6.80. The molecule has 1 aromatic carbocycles. The molecule has 2 nitrogen and oxygen atoms in total. The minimum Gasteiger partial charge on any atom is -0.398 e. The van der Waals surface area contributed by atoms with Crippen LogP contribution in [0.1, 0.15) is 38.2 Å². The molecule has 0 spiro atoms. The molecule has 0 saturated heterocycles. The molecule has 2 aliphatic rings. The van der Waals surface area contributed by atoms with Gasteiger partial charge in [-0.05, 0) is 48.8 Å². The van der Waals surface area contributed by atoms with Crippen molar-refractivity contribution in [1.29, 1.82) is 0 Å². The molecule has 1 fully saturated rings. The molecule has 1 aliphatic heterocycles. The van der Waals surface area contributed by atoms with Gasteiger partial charge in [-0.3, -0.25) is 0 Å². The van der Waals surface area contributed by atoms with Crippen LogP contribution in [0.4, 0.5) is 11.4 Å². The monoisotopic (exact) mass is 266 g/mol. The molecule has 0 radical (unpaired) electrons. The molecule has 1 heterocycles. The second kappa shape index (κ2) is 5.00. The van der Waals surface area contributed by atoms with Crippen molar-refractivity contribution < 1.29 is 0 Å². The Labute approximate surface area is 116 Å². The third-order valence-corrected chi connectivity index (χ3v) is 4.52. The maximum absolute atomic E-state index is 6.09. The van der Waals surface area contributed by atoms with Crippen LogP contribution in [0.25, 0.3) is 0 Å². The van der Waals surface area contributed by atoms with Crippen molar-refractivity contribution in [2.75, 3.05) is 23.7 Å². The van der Waals surface area contributed by atoms with Crippen molar-refractivity contribution >= 4 is 23.8 Å². The van der Waals surface area contributed by atoms with E-state index in [-0.39, 0.29) is 12.4 Å². The fourth-order valence-electron chi connectivity index (χ4n) is 3.29. The molecule has 3 heteroatoms. The number of halogens is 1. The van der Waals surface area contributed by atoms with Crippen molar-refractivity contribution in [3.05, 3.63) is 23.8 Å². The van der Waals surface area contributed by atoms with Crippen molar-refractivity contribution in [3.63, 3.8) is 0 Å². The van der Waals surface area contributed by atoms with E-state index < -0.39 is 0 Å². The average Bonchev–Trinajstić information content (AvgIpc) is 2.28. The van der Waals surface area contributed by atoms with E-state index in [9.17, 15) is 0 Å². The summed E-state index contributed by atoms with van der Waals surface area (Å²) in [5.41, 5.74) is 10.4. The highest BCUT2D eigenvalue weighted by atomic mass is 35.5. The van der Waals surface area contributed by atoms with Crippen molar-refractivity contribution in [2.45, 2.75) is 39.0 Å². The summed E-state index contributed by atoms with van der Waals surface area (Å²) in [5, 5.41) is 0. The first-order valence-electron chi connectivity index (χ1n) is 6.80. The molecule has 0 aromatic heterocycles. The lowest BCUT2D eigenvalue weighted by molar-refractivity contribution is 0.168. The van der Waals surface area contributed by atoms with Crippen LogP contribution in [0.2, 0.25) is 0 Å². The number of nitrogen functional groups attached to an aromatic ring is 1. The van der Waals surface area contributed by atoms with Gasteiger partial charge in [0.15, 0.2) is 0 Å². The SMILES string of the molecule is CC1(CN2CCCc3c(N)cccc32)CCC1.Cl. The van der Waals surface area contributed by atoms with E-state index in [4.69, 9.17) is 5.73 Å². The first-order chi connectivity index (χ1) is 8.18. The summed E-state index contributed by atoms with van der Waals surface area (Å²) in [5.74, 6) is 0. The van der Waals surface area contributed by atoms with Crippen LogP contribution in [0.3, 0.4) is 0 Å². The predicted octanol–water partition coefficient (Wildman–Crippen LogP) is 3.63. The highest BCUT2D eigenvalue weighted by Crippen LogP contribution is 2.43. The molecule has 1 aliphatic carbocycles. The summed E-state index contributed by atoms with van der Waals surface area (Å²) in [6.45, 7) is 4.84. The molecule has 100 valence electrons. The number of nitrogens with zero attached hydrogens (tertiary/aromatic N) is 1. The smallest absolute Gasteiger partial charge is 0.0419 e. The van der Waals surface area contributed by atoms with Crippen LogP contribution in [0.5, 0.6) is 0 Å². The maximum Gasteiger partial charge on any atom is 0.0419 e. The van der Waals surface area contributed by atoms with Gasteiger partial charge in [-0.25, -0.2) is 0 Å². The maximum atomic E-state index is 6.09. The summed E-state index contributed by atoms with van der Waals surface area (Å²) < 4.78 is 0. The van der Waals surface area contributed by atoms with Gasteiger partial charge in [0.25, 0.3) is 0 Å². The van der Waals surface area contributed by atoms with Gasteiger partial charge in [0.05, 0.1) is 0 Å². The Bertz CT molecular complexity index is 427. The number of fused-ring (bicyclic) bond motifs is 1. The lowest BCUT2D eigenvalue weighted by atomic mass is 9.70. The zero-order chi connectivity index (χ0) is 11.9. The summed E-state index contributed by atoms with van der Waals surface area (Å²) in [6.07, 6.45) is 6.59. The molecule has 1 saturated carbocycles. The lowest BCUT2D eigenvalue weighted by Gasteiger charge is -2.44. The van der Waals surface area contributed by atoms with Gasteiger partial charge in [-0.15, -0.1) is 12.4 Å². The van der Waals surface area contributed by atoms with Crippen molar-refractivity contribution in [2.24, 2.45) is 5.41 Å². The Morgan fingerprint density at radius 1 is 1.28 bits per heavy atom. The topological polar surface area (TPSA) is 29.3 Å². The molecule has 0 bridgehead atoms. The molecule has 18 heavy (non-hydrogen) atoms. The van der Waals surface area contributed by atoms with Gasteiger partial charge < -0.3 is 10.6 Å². The summed E-state index contributed by atoms with van der Waals surface area (Å²) in [7, 11) is 0. The van der Waals surface area contributed by atoms with E-state index in [2.05, 4.69) is 24.0 Å². The predicted molar refractivity (Wildman–Crippen MR) is 80.6 cm³/mol. The summed E-state index contributed by atoms with van der Waals surface area (Å²) >= 11 is 0. The van der Waals surface area contributed by atoms with E-state index in [0.717, 1.165) is 12.1 Å². The Morgan fingerprint density at radius 3 is 2.72 bits per heavy atom. The lowest BCUT2D eigenvalue weighted by Crippen LogP contribution is -2.42. The number of nitrogens with two attached hydrogens (primary N) is 1. The minimum absolute atomic E-state index is 0. The second-order valence-corrected chi connectivity index (χ2v) is 6.03. The Balaban J connectivity index is 0.00000120. The van der Waals surface area contributed by atoms with E-state index >= 15 is 0 Å². The van der Waals surface area contributed by atoms with Gasteiger partial charge >= 0.3 is 0 Å². The summed E-state index contributed by atoms with van der Waals surface area (Å²) in [4.78, 5) is 2.56. The van der Waals surface area contributed by atoms with Crippen LogP contribution in [-0.2, 0) is 6.42 Å². The quantitative estimate of drug-likeness (QED) is 0.829. The molecule has 3 rings (SSSR count). The summed E-state index contributed by atoms with van der Waals surface area (Å²) in [6, 6.07) is 6.37. The third-order valence-electron chi connectivity index (χ3n) is 4.52.